The Labute approximate surface area is 106 Å². The van der Waals surface area contributed by atoms with Gasteiger partial charge in [-0.15, -0.1) is 6.42 Å². The van der Waals surface area contributed by atoms with E-state index in [0.29, 0.717) is 16.8 Å². The summed E-state index contributed by atoms with van der Waals surface area (Å²) in [7, 11) is 0. The summed E-state index contributed by atoms with van der Waals surface area (Å²) in [6.07, 6.45) is 5.38. The highest BCUT2D eigenvalue weighted by atomic mass is 16.2. The molecule has 1 aliphatic heterocycles. The Hall–Kier alpha value is -2.28. The minimum Gasteiger partial charge on any atom is -0.340 e. The van der Waals surface area contributed by atoms with Crippen LogP contribution in [0.4, 0.5) is 5.69 Å². The lowest BCUT2D eigenvalue weighted by molar-refractivity contribution is -0.118. The van der Waals surface area contributed by atoms with Crippen LogP contribution < -0.4 is 10.6 Å². The summed E-state index contributed by atoms with van der Waals surface area (Å²) in [6.45, 7) is 3.76. The molecule has 0 fully saturated rings. The number of carbonyl (C=O) groups is 2. The average Bonchev–Trinajstić information content (AvgIpc) is 2.47. The maximum Gasteiger partial charge on any atom is 0.254 e. The third kappa shape index (κ3) is 1.95. The van der Waals surface area contributed by atoms with Crippen molar-refractivity contribution in [2.75, 3.05) is 5.32 Å². The zero-order valence-corrected chi connectivity index (χ0v) is 10.3. The van der Waals surface area contributed by atoms with Crippen molar-refractivity contribution in [2.24, 2.45) is 5.92 Å². The van der Waals surface area contributed by atoms with Crippen molar-refractivity contribution in [3.63, 3.8) is 0 Å². The van der Waals surface area contributed by atoms with Crippen LogP contribution in [0.5, 0.6) is 0 Å². The molecule has 4 nitrogen and oxygen atoms in total. The van der Waals surface area contributed by atoms with E-state index in [0.717, 1.165) is 0 Å². The van der Waals surface area contributed by atoms with E-state index in [9.17, 15) is 9.59 Å². The Balaban J connectivity index is 2.52. The molecular weight excluding hydrogens is 228 g/mol. The van der Waals surface area contributed by atoms with Gasteiger partial charge in [0.2, 0.25) is 5.91 Å². The van der Waals surface area contributed by atoms with Crippen LogP contribution in [-0.2, 0) is 4.79 Å². The number of hydrogen-bond acceptors (Lipinski definition) is 2. The predicted octanol–water partition coefficient (Wildman–Crippen LogP) is 1.37. The minimum absolute atomic E-state index is 0.0116. The van der Waals surface area contributed by atoms with E-state index >= 15 is 0 Å². The molecule has 0 bridgehead atoms. The summed E-state index contributed by atoms with van der Waals surface area (Å²) in [5.41, 5.74) is 1.34. The lowest BCUT2D eigenvalue weighted by Gasteiger charge is -2.17. The minimum atomic E-state index is -0.546. The van der Waals surface area contributed by atoms with Gasteiger partial charge >= 0.3 is 0 Å². The number of para-hydroxylation sites is 1. The standard InChI is InChI=1S/C14H14N2O2/c1-4-9-6-5-7-10-12(9)16-14(18)11(8(2)3)15-13(10)17/h1,5-8,11H,2-3H3,(H,15,17)(H,16,18). The number of amides is 2. The van der Waals surface area contributed by atoms with Crippen LogP contribution in [0.25, 0.3) is 0 Å². The van der Waals surface area contributed by atoms with E-state index in [1.165, 1.54) is 0 Å². The van der Waals surface area contributed by atoms with Crippen LogP contribution in [0.15, 0.2) is 18.2 Å². The van der Waals surface area contributed by atoms with Gasteiger partial charge in [-0.05, 0) is 18.1 Å². The fraction of sp³-hybridized carbons (Fsp3) is 0.286. The van der Waals surface area contributed by atoms with Gasteiger partial charge in [-0.25, -0.2) is 0 Å². The van der Waals surface area contributed by atoms with Crippen molar-refractivity contribution in [2.45, 2.75) is 19.9 Å². The van der Waals surface area contributed by atoms with Crippen LogP contribution in [-0.4, -0.2) is 17.9 Å². The Kier molecular flexibility index (Phi) is 3.07. The van der Waals surface area contributed by atoms with E-state index in [-0.39, 0.29) is 17.7 Å². The molecule has 2 amide bonds. The average molecular weight is 242 g/mol. The molecule has 1 aromatic rings. The molecule has 1 heterocycles. The molecule has 0 saturated heterocycles. The zero-order valence-electron chi connectivity index (χ0n) is 10.3. The maximum atomic E-state index is 12.1. The highest BCUT2D eigenvalue weighted by Gasteiger charge is 2.30. The largest absolute Gasteiger partial charge is 0.340 e. The normalized spacial score (nSPS) is 18.4. The van der Waals surface area contributed by atoms with Gasteiger partial charge in [-0.1, -0.05) is 25.8 Å². The first-order chi connectivity index (χ1) is 8.54. The molecular formula is C14H14N2O2. The smallest absolute Gasteiger partial charge is 0.254 e. The number of rotatable bonds is 1. The van der Waals surface area contributed by atoms with Crippen molar-refractivity contribution < 1.29 is 9.59 Å². The van der Waals surface area contributed by atoms with E-state index in [4.69, 9.17) is 6.42 Å². The van der Waals surface area contributed by atoms with Crippen LogP contribution >= 0.6 is 0 Å². The van der Waals surface area contributed by atoms with Gasteiger partial charge in [-0.2, -0.15) is 0 Å². The molecule has 1 atom stereocenters. The molecule has 2 rings (SSSR count). The molecule has 0 saturated carbocycles. The second-order valence-electron chi connectivity index (χ2n) is 4.56. The molecule has 1 unspecified atom stereocenters. The SMILES string of the molecule is C#Cc1cccc2c1NC(=O)C(C(C)C)NC2=O. The lowest BCUT2D eigenvalue weighted by atomic mass is 10.0. The fourth-order valence-corrected chi connectivity index (χ4v) is 1.95. The number of nitrogens with one attached hydrogen (secondary N) is 2. The highest BCUT2D eigenvalue weighted by molar-refractivity contribution is 6.11. The lowest BCUT2D eigenvalue weighted by Crippen LogP contribution is -2.44. The monoisotopic (exact) mass is 242 g/mol. The first kappa shape index (κ1) is 12.2. The molecule has 18 heavy (non-hydrogen) atoms. The molecule has 0 radical (unpaired) electrons. The molecule has 4 heteroatoms. The van der Waals surface area contributed by atoms with Crippen LogP contribution in [0.3, 0.4) is 0 Å². The number of anilines is 1. The number of hydrogen-bond donors (Lipinski definition) is 2. The Morgan fingerprint density at radius 3 is 2.67 bits per heavy atom. The molecule has 1 aliphatic rings. The quantitative estimate of drug-likeness (QED) is 0.731. The summed E-state index contributed by atoms with van der Waals surface area (Å²) < 4.78 is 0. The summed E-state index contributed by atoms with van der Waals surface area (Å²) in [5.74, 6) is 1.97. The molecule has 92 valence electrons. The zero-order chi connectivity index (χ0) is 13.3. The van der Waals surface area contributed by atoms with Crippen molar-refractivity contribution in [3.05, 3.63) is 29.3 Å². The van der Waals surface area contributed by atoms with Gasteiger partial charge in [0.1, 0.15) is 6.04 Å². The van der Waals surface area contributed by atoms with E-state index in [1.807, 2.05) is 13.8 Å². The van der Waals surface area contributed by atoms with E-state index in [2.05, 4.69) is 16.6 Å². The van der Waals surface area contributed by atoms with Gasteiger partial charge in [0.25, 0.3) is 5.91 Å². The topological polar surface area (TPSA) is 58.2 Å². The van der Waals surface area contributed by atoms with Gasteiger partial charge in [-0.3, -0.25) is 9.59 Å². The van der Waals surface area contributed by atoms with Gasteiger partial charge in [0.15, 0.2) is 0 Å². The van der Waals surface area contributed by atoms with Gasteiger partial charge in [0, 0.05) is 5.56 Å². The summed E-state index contributed by atoms with van der Waals surface area (Å²) in [5, 5.41) is 5.45. The number of fused-ring (bicyclic) bond motifs is 1. The van der Waals surface area contributed by atoms with Gasteiger partial charge < -0.3 is 10.6 Å². The van der Waals surface area contributed by atoms with E-state index < -0.39 is 6.04 Å². The summed E-state index contributed by atoms with van der Waals surface area (Å²) >= 11 is 0. The number of carbonyl (C=O) groups excluding carboxylic acids is 2. The molecule has 0 spiro atoms. The van der Waals surface area contributed by atoms with Crippen LogP contribution in [0.1, 0.15) is 29.8 Å². The Bertz CT molecular complexity index is 555. The number of benzene rings is 1. The summed E-state index contributed by atoms with van der Waals surface area (Å²) in [6, 6.07) is 4.50. The highest BCUT2D eigenvalue weighted by Crippen LogP contribution is 2.24. The summed E-state index contributed by atoms with van der Waals surface area (Å²) in [4.78, 5) is 24.1. The Morgan fingerprint density at radius 1 is 1.33 bits per heavy atom. The third-order valence-corrected chi connectivity index (χ3v) is 2.95. The van der Waals surface area contributed by atoms with Crippen molar-refractivity contribution in [3.8, 4) is 12.3 Å². The van der Waals surface area contributed by atoms with Crippen LogP contribution in [0.2, 0.25) is 0 Å². The van der Waals surface area contributed by atoms with Gasteiger partial charge in [0.05, 0.1) is 11.3 Å². The van der Waals surface area contributed by atoms with Crippen molar-refractivity contribution in [1.82, 2.24) is 5.32 Å². The third-order valence-electron chi connectivity index (χ3n) is 2.95. The molecule has 1 aromatic carbocycles. The second kappa shape index (κ2) is 4.53. The van der Waals surface area contributed by atoms with Crippen molar-refractivity contribution in [1.29, 1.82) is 0 Å². The second-order valence-corrected chi connectivity index (χ2v) is 4.56. The Morgan fingerprint density at radius 2 is 2.06 bits per heavy atom. The van der Waals surface area contributed by atoms with E-state index in [1.54, 1.807) is 18.2 Å². The number of terminal acetylenes is 1. The molecule has 0 aromatic heterocycles. The predicted molar refractivity (Wildman–Crippen MR) is 69.1 cm³/mol. The first-order valence-electron chi connectivity index (χ1n) is 5.76. The fourth-order valence-electron chi connectivity index (χ4n) is 1.95. The maximum absolute atomic E-state index is 12.1. The van der Waals surface area contributed by atoms with Crippen LogP contribution in [0, 0.1) is 18.3 Å². The first-order valence-corrected chi connectivity index (χ1v) is 5.76. The van der Waals surface area contributed by atoms with Crippen molar-refractivity contribution >= 4 is 17.5 Å². The molecule has 0 aliphatic carbocycles. The molecule has 2 N–H and O–H groups in total.